The first-order valence-corrected chi connectivity index (χ1v) is 11.9. The van der Waals surface area contributed by atoms with Gasteiger partial charge in [-0.3, -0.25) is 0 Å². The number of aromatic nitrogens is 3. The van der Waals surface area contributed by atoms with Crippen LogP contribution >= 0.6 is 0 Å². The Balaban J connectivity index is 1.47. The molecule has 0 aliphatic heterocycles. The molecular formula is C27H33N3O5. The van der Waals surface area contributed by atoms with Crippen LogP contribution in [-0.2, 0) is 32.2 Å². The molecule has 3 aromatic rings. The Morgan fingerprint density at radius 3 is 2.57 bits per heavy atom. The average molecular weight is 480 g/mol. The van der Waals surface area contributed by atoms with Crippen LogP contribution in [-0.4, -0.2) is 46.8 Å². The maximum absolute atomic E-state index is 12.0. The SMILES string of the molecule is CCOC(=O)/C=C/c1ccc2c(nnn2CCCOCc2ccc(C(=O)OCC(C)C)cc2)c1C. The number of hydrogen-bond acceptors (Lipinski definition) is 7. The maximum Gasteiger partial charge on any atom is 0.338 e. The molecule has 0 bridgehead atoms. The Morgan fingerprint density at radius 2 is 1.86 bits per heavy atom. The molecule has 0 saturated heterocycles. The van der Waals surface area contributed by atoms with Crippen molar-refractivity contribution in [2.24, 2.45) is 5.92 Å². The highest BCUT2D eigenvalue weighted by atomic mass is 16.5. The molecule has 0 fully saturated rings. The second-order valence-corrected chi connectivity index (χ2v) is 8.64. The first-order chi connectivity index (χ1) is 16.9. The van der Waals surface area contributed by atoms with Crippen molar-refractivity contribution in [3.63, 3.8) is 0 Å². The summed E-state index contributed by atoms with van der Waals surface area (Å²) in [4.78, 5) is 23.6. The van der Waals surface area contributed by atoms with Crippen LogP contribution in [0.4, 0.5) is 0 Å². The zero-order valence-corrected chi connectivity index (χ0v) is 20.8. The summed E-state index contributed by atoms with van der Waals surface area (Å²) in [5.41, 5.74) is 5.15. The Morgan fingerprint density at radius 1 is 1.09 bits per heavy atom. The number of carbonyl (C=O) groups is 2. The second-order valence-electron chi connectivity index (χ2n) is 8.64. The Hall–Kier alpha value is -3.52. The van der Waals surface area contributed by atoms with E-state index in [-0.39, 0.29) is 11.9 Å². The fourth-order valence-electron chi connectivity index (χ4n) is 3.45. The first-order valence-electron chi connectivity index (χ1n) is 11.9. The van der Waals surface area contributed by atoms with Crippen LogP contribution in [0.5, 0.6) is 0 Å². The van der Waals surface area contributed by atoms with Crippen LogP contribution in [0.1, 0.15) is 54.2 Å². The number of nitrogens with zero attached hydrogens (tertiary/aromatic N) is 3. The lowest BCUT2D eigenvalue weighted by Crippen LogP contribution is -2.10. The Kier molecular flexibility index (Phi) is 9.55. The van der Waals surface area contributed by atoms with Gasteiger partial charge in [0.15, 0.2) is 0 Å². The third kappa shape index (κ3) is 7.48. The zero-order valence-electron chi connectivity index (χ0n) is 20.8. The number of rotatable bonds is 12. The molecular weight excluding hydrogens is 446 g/mol. The topological polar surface area (TPSA) is 92.5 Å². The lowest BCUT2D eigenvalue weighted by Gasteiger charge is -2.08. The van der Waals surface area contributed by atoms with Crippen molar-refractivity contribution >= 4 is 29.0 Å². The summed E-state index contributed by atoms with van der Waals surface area (Å²) >= 11 is 0. The number of ether oxygens (including phenoxy) is 3. The molecule has 0 N–H and O–H groups in total. The smallest absolute Gasteiger partial charge is 0.338 e. The van der Waals surface area contributed by atoms with Gasteiger partial charge in [-0.25, -0.2) is 14.3 Å². The lowest BCUT2D eigenvalue weighted by atomic mass is 10.1. The number of aryl methyl sites for hydroxylation is 2. The Bertz CT molecular complexity index is 1170. The molecule has 0 saturated carbocycles. The van der Waals surface area contributed by atoms with E-state index >= 15 is 0 Å². The molecule has 0 atom stereocenters. The minimum absolute atomic E-state index is 0.302. The van der Waals surface area contributed by atoms with Gasteiger partial charge >= 0.3 is 11.9 Å². The van der Waals surface area contributed by atoms with Crippen LogP contribution in [0.3, 0.4) is 0 Å². The van der Waals surface area contributed by atoms with Crippen LogP contribution < -0.4 is 0 Å². The van der Waals surface area contributed by atoms with Gasteiger partial charge in [0.05, 0.1) is 30.9 Å². The van der Waals surface area contributed by atoms with Crippen molar-refractivity contribution in [3.05, 3.63) is 64.7 Å². The van der Waals surface area contributed by atoms with Gasteiger partial charge in [0.25, 0.3) is 0 Å². The van der Waals surface area contributed by atoms with Gasteiger partial charge in [0.2, 0.25) is 0 Å². The minimum Gasteiger partial charge on any atom is -0.463 e. The third-order valence-electron chi connectivity index (χ3n) is 5.33. The van der Waals surface area contributed by atoms with E-state index in [9.17, 15) is 9.59 Å². The summed E-state index contributed by atoms with van der Waals surface area (Å²) in [6, 6.07) is 11.2. The number of fused-ring (bicyclic) bond motifs is 1. The zero-order chi connectivity index (χ0) is 25.2. The molecule has 35 heavy (non-hydrogen) atoms. The van der Waals surface area contributed by atoms with Crippen molar-refractivity contribution in [3.8, 4) is 0 Å². The Labute approximate surface area is 205 Å². The standard InChI is InChI=1S/C27H33N3O5/c1-5-34-25(31)14-12-22-11-13-24-26(20(22)4)28-29-30(24)15-6-16-33-18-21-7-9-23(10-8-21)27(32)35-17-19(2)3/h7-14,19H,5-6,15-18H2,1-4H3/b14-12+. The number of benzene rings is 2. The molecule has 186 valence electrons. The van der Waals surface area contributed by atoms with Crippen molar-refractivity contribution in [2.75, 3.05) is 19.8 Å². The summed E-state index contributed by atoms with van der Waals surface area (Å²) < 4.78 is 17.8. The van der Waals surface area contributed by atoms with Crippen molar-refractivity contribution in [1.82, 2.24) is 15.0 Å². The fraction of sp³-hybridized carbons (Fsp3) is 0.407. The third-order valence-corrected chi connectivity index (χ3v) is 5.33. The van der Waals surface area contributed by atoms with Crippen LogP contribution in [0.25, 0.3) is 17.1 Å². The predicted octanol–water partition coefficient (Wildman–Crippen LogP) is 4.74. The van der Waals surface area contributed by atoms with Crippen LogP contribution in [0.2, 0.25) is 0 Å². The van der Waals surface area contributed by atoms with E-state index in [0.717, 1.165) is 34.1 Å². The molecule has 3 rings (SSSR count). The van der Waals surface area contributed by atoms with E-state index in [1.54, 1.807) is 25.1 Å². The molecule has 1 heterocycles. The average Bonchev–Trinajstić information content (AvgIpc) is 3.26. The molecule has 8 nitrogen and oxygen atoms in total. The second kappa shape index (κ2) is 12.8. The first kappa shape index (κ1) is 26.1. The van der Waals surface area contributed by atoms with Crippen molar-refractivity contribution < 1.29 is 23.8 Å². The molecule has 8 heteroatoms. The normalized spacial score (nSPS) is 11.5. The molecule has 0 amide bonds. The largest absolute Gasteiger partial charge is 0.463 e. The van der Waals surface area contributed by atoms with Gasteiger partial charge in [-0.2, -0.15) is 0 Å². The maximum atomic E-state index is 12.0. The van der Waals surface area contributed by atoms with Gasteiger partial charge in [-0.15, -0.1) is 5.10 Å². The highest BCUT2D eigenvalue weighted by Gasteiger charge is 2.10. The lowest BCUT2D eigenvalue weighted by molar-refractivity contribution is -0.137. The van der Waals surface area contributed by atoms with E-state index in [2.05, 4.69) is 10.3 Å². The van der Waals surface area contributed by atoms with Crippen molar-refractivity contribution in [2.45, 2.75) is 47.3 Å². The molecule has 0 spiro atoms. The summed E-state index contributed by atoms with van der Waals surface area (Å²) in [5.74, 6) is -0.358. The highest BCUT2D eigenvalue weighted by Crippen LogP contribution is 2.21. The quantitative estimate of drug-likeness (QED) is 0.210. The van der Waals surface area contributed by atoms with E-state index in [4.69, 9.17) is 14.2 Å². The minimum atomic E-state index is -0.365. The van der Waals surface area contributed by atoms with Gasteiger partial charge in [-0.1, -0.05) is 37.3 Å². The fourth-order valence-corrected chi connectivity index (χ4v) is 3.45. The molecule has 0 aliphatic rings. The van der Waals surface area contributed by atoms with Crippen LogP contribution in [0.15, 0.2) is 42.5 Å². The molecule has 2 aromatic carbocycles. The summed E-state index contributed by atoms with van der Waals surface area (Å²) in [5, 5.41) is 8.60. The highest BCUT2D eigenvalue weighted by molar-refractivity contribution is 5.90. The van der Waals surface area contributed by atoms with E-state index in [1.807, 2.05) is 49.7 Å². The van der Waals surface area contributed by atoms with E-state index in [0.29, 0.717) is 44.5 Å². The summed E-state index contributed by atoms with van der Waals surface area (Å²) in [6.07, 6.45) is 3.94. The summed E-state index contributed by atoms with van der Waals surface area (Å²) in [7, 11) is 0. The number of hydrogen-bond donors (Lipinski definition) is 0. The molecule has 0 radical (unpaired) electrons. The summed E-state index contributed by atoms with van der Waals surface area (Å²) in [6.45, 7) is 10.2. The van der Waals surface area contributed by atoms with Crippen molar-refractivity contribution in [1.29, 1.82) is 0 Å². The van der Waals surface area contributed by atoms with Gasteiger partial charge < -0.3 is 14.2 Å². The number of esters is 2. The van der Waals surface area contributed by atoms with Gasteiger partial charge in [0.1, 0.15) is 5.52 Å². The predicted molar refractivity (Wildman–Crippen MR) is 134 cm³/mol. The van der Waals surface area contributed by atoms with Crippen LogP contribution in [0, 0.1) is 12.8 Å². The molecule has 1 aromatic heterocycles. The van der Waals surface area contributed by atoms with E-state index < -0.39 is 0 Å². The molecule has 0 unspecified atom stereocenters. The van der Waals surface area contributed by atoms with Gasteiger partial charge in [0, 0.05) is 19.2 Å². The monoisotopic (exact) mass is 479 g/mol. The van der Waals surface area contributed by atoms with E-state index in [1.165, 1.54) is 6.08 Å². The van der Waals surface area contributed by atoms with Gasteiger partial charge in [-0.05, 0) is 67.2 Å². The number of carbonyl (C=O) groups excluding carboxylic acids is 2. The molecule has 0 aliphatic carbocycles.